The summed E-state index contributed by atoms with van der Waals surface area (Å²) in [5, 5.41) is 4.46. The van der Waals surface area contributed by atoms with Crippen molar-refractivity contribution in [2.24, 2.45) is 5.92 Å². The van der Waals surface area contributed by atoms with Gasteiger partial charge in [0.15, 0.2) is 0 Å². The molecule has 1 aliphatic carbocycles. The van der Waals surface area contributed by atoms with Crippen LogP contribution in [0, 0.1) is 5.92 Å². The van der Waals surface area contributed by atoms with Crippen LogP contribution in [0.5, 0.6) is 0 Å². The average Bonchev–Trinajstić information content (AvgIpc) is 3.12. The van der Waals surface area contributed by atoms with E-state index >= 15 is 0 Å². The van der Waals surface area contributed by atoms with Crippen LogP contribution in [0.15, 0.2) is 24.3 Å². The summed E-state index contributed by atoms with van der Waals surface area (Å²) in [7, 11) is 1.76. The lowest BCUT2D eigenvalue weighted by molar-refractivity contribution is 0.152. The molecule has 1 aromatic rings. The quantitative estimate of drug-likeness (QED) is 0.839. The molecular weight excluding hydrogens is 234 g/mol. The Bertz CT molecular complexity index is 365. The predicted octanol–water partition coefficient (Wildman–Crippen LogP) is 3.42. The van der Waals surface area contributed by atoms with E-state index in [1.165, 1.54) is 12.8 Å². The first kappa shape index (κ1) is 12.9. The van der Waals surface area contributed by atoms with Gasteiger partial charge in [0, 0.05) is 24.2 Å². The smallest absolute Gasteiger partial charge is 0.0618 e. The molecule has 1 aliphatic rings. The Kier molecular flexibility index (Phi) is 4.43. The molecule has 0 heterocycles. The van der Waals surface area contributed by atoms with Crippen molar-refractivity contribution in [2.75, 3.05) is 13.7 Å². The van der Waals surface area contributed by atoms with Crippen molar-refractivity contribution >= 4 is 11.6 Å². The van der Waals surface area contributed by atoms with Crippen LogP contribution in [0.4, 0.5) is 0 Å². The van der Waals surface area contributed by atoms with E-state index in [1.54, 1.807) is 7.11 Å². The van der Waals surface area contributed by atoms with E-state index < -0.39 is 0 Å². The van der Waals surface area contributed by atoms with Gasteiger partial charge in [-0.25, -0.2) is 0 Å². The largest absolute Gasteiger partial charge is 0.383 e. The molecule has 3 heteroatoms. The molecule has 1 fully saturated rings. The molecule has 0 saturated heterocycles. The van der Waals surface area contributed by atoms with E-state index in [2.05, 4.69) is 18.3 Å². The monoisotopic (exact) mass is 253 g/mol. The normalized spacial score (nSPS) is 19.0. The number of methoxy groups -OCH3 is 1. The predicted molar refractivity (Wildman–Crippen MR) is 71.4 cm³/mol. The maximum atomic E-state index is 6.20. The number of ether oxygens (including phenoxy) is 1. The first-order valence-electron chi connectivity index (χ1n) is 6.21. The zero-order chi connectivity index (χ0) is 12.3. The van der Waals surface area contributed by atoms with Crippen LogP contribution >= 0.6 is 11.6 Å². The van der Waals surface area contributed by atoms with Crippen LogP contribution in [-0.2, 0) is 4.74 Å². The van der Waals surface area contributed by atoms with E-state index in [9.17, 15) is 0 Å². The van der Waals surface area contributed by atoms with Gasteiger partial charge in [-0.3, -0.25) is 0 Å². The summed E-state index contributed by atoms with van der Waals surface area (Å²) in [6.45, 7) is 2.94. The molecule has 0 radical (unpaired) electrons. The Balaban J connectivity index is 1.99. The number of halogens is 1. The third kappa shape index (κ3) is 3.44. The Morgan fingerprint density at radius 3 is 2.71 bits per heavy atom. The first-order valence-corrected chi connectivity index (χ1v) is 6.59. The van der Waals surface area contributed by atoms with Gasteiger partial charge in [-0.05, 0) is 37.3 Å². The van der Waals surface area contributed by atoms with Crippen molar-refractivity contribution in [1.29, 1.82) is 0 Å². The second-order valence-corrected chi connectivity index (χ2v) is 5.22. The van der Waals surface area contributed by atoms with Crippen LogP contribution < -0.4 is 5.32 Å². The number of nitrogens with one attached hydrogen (secondary N) is 1. The summed E-state index contributed by atoms with van der Waals surface area (Å²) in [6.07, 6.45) is 2.63. The van der Waals surface area contributed by atoms with Crippen LogP contribution in [-0.4, -0.2) is 19.8 Å². The number of hydrogen-bond donors (Lipinski definition) is 1. The third-order valence-corrected chi connectivity index (χ3v) is 3.72. The van der Waals surface area contributed by atoms with Crippen molar-refractivity contribution in [2.45, 2.75) is 31.8 Å². The van der Waals surface area contributed by atoms with Crippen molar-refractivity contribution in [1.82, 2.24) is 5.32 Å². The van der Waals surface area contributed by atoms with E-state index in [1.807, 2.05) is 18.2 Å². The van der Waals surface area contributed by atoms with E-state index in [0.29, 0.717) is 6.04 Å². The molecule has 1 N–H and O–H groups in total. The SMILES string of the molecule is COCC(NC(C)c1ccccc1Cl)C1CC1. The summed E-state index contributed by atoms with van der Waals surface area (Å²) in [5.41, 5.74) is 1.16. The minimum Gasteiger partial charge on any atom is -0.383 e. The maximum absolute atomic E-state index is 6.20. The minimum absolute atomic E-state index is 0.268. The molecule has 0 aromatic heterocycles. The Labute approximate surface area is 108 Å². The summed E-state index contributed by atoms with van der Waals surface area (Å²) in [4.78, 5) is 0. The van der Waals surface area contributed by atoms with Gasteiger partial charge in [0.05, 0.1) is 6.61 Å². The van der Waals surface area contributed by atoms with Crippen molar-refractivity contribution in [3.63, 3.8) is 0 Å². The molecule has 1 aromatic carbocycles. The molecule has 2 nitrogen and oxygen atoms in total. The van der Waals surface area contributed by atoms with Gasteiger partial charge in [0.25, 0.3) is 0 Å². The second kappa shape index (κ2) is 5.85. The number of hydrogen-bond acceptors (Lipinski definition) is 2. The van der Waals surface area contributed by atoms with Crippen LogP contribution in [0.25, 0.3) is 0 Å². The lowest BCUT2D eigenvalue weighted by Crippen LogP contribution is -2.37. The Hall–Kier alpha value is -0.570. The fourth-order valence-electron chi connectivity index (χ4n) is 2.24. The maximum Gasteiger partial charge on any atom is 0.0618 e. The van der Waals surface area contributed by atoms with Crippen LogP contribution in [0.3, 0.4) is 0 Å². The summed E-state index contributed by atoms with van der Waals surface area (Å²) in [6, 6.07) is 8.73. The first-order chi connectivity index (χ1) is 8.22. The van der Waals surface area contributed by atoms with Gasteiger partial charge in [-0.1, -0.05) is 29.8 Å². The van der Waals surface area contributed by atoms with Crippen molar-refractivity contribution < 1.29 is 4.74 Å². The van der Waals surface area contributed by atoms with Crippen LogP contribution in [0.2, 0.25) is 5.02 Å². The standard InChI is InChI=1S/C14H20ClNO/c1-10(12-5-3-4-6-13(12)15)16-14(9-17-2)11-7-8-11/h3-6,10-11,14,16H,7-9H2,1-2H3. The molecule has 2 rings (SSSR count). The molecule has 0 aliphatic heterocycles. The highest BCUT2D eigenvalue weighted by atomic mass is 35.5. The van der Waals surface area contributed by atoms with Crippen LogP contribution in [0.1, 0.15) is 31.4 Å². The topological polar surface area (TPSA) is 21.3 Å². The lowest BCUT2D eigenvalue weighted by Gasteiger charge is -2.23. The van der Waals surface area contributed by atoms with Gasteiger partial charge in [-0.15, -0.1) is 0 Å². The Morgan fingerprint density at radius 1 is 1.41 bits per heavy atom. The highest BCUT2D eigenvalue weighted by Crippen LogP contribution is 2.34. The van der Waals surface area contributed by atoms with Crippen molar-refractivity contribution in [3.05, 3.63) is 34.9 Å². The van der Waals surface area contributed by atoms with Crippen molar-refractivity contribution in [3.8, 4) is 0 Å². The lowest BCUT2D eigenvalue weighted by atomic mass is 10.1. The van der Waals surface area contributed by atoms with E-state index in [4.69, 9.17) is 16.3 Å². The fraction of sp³-hybridized carbons (Fsp3) is 0.571. The highest BCUT2D eigenvalue weighted by Gasteiger charge is 2.32. The molecule has 2 unspecified atom stereocenters. The Morgan fingerprint density at radius 2 is 2.12 bits per heavy atom. The third-order valence-electron chi connectivity index (χ3n) is 3.37. The van der Waals surface area contributed by atoms with Gasteiger partial charge in [-0.2, -0.15) is 0 Å². The summed E-state index contributed by atoms with van der Waals surface area (Å²) >= 11 is 6.20. The van der Waals surface area contributed by atoms with Gasteiger partial charge < -0.3 is 10.1 Å². The number of rotatable bonds is 6. The van der Waals surface area contributed by atoms with Gasteiger partial charge in [0.1, 0.15) is 0 Å². The average molecular weight is 254 g/mol. The molecule has 0 amide bonds. The van der Waals surface area contributed by atoms with Gasteiger partial charge in [0.2, 0.25) is 0 Å². The number of benzene rings is 1. The highest BCUT2D eigenvalue weighted by molar-refractivity contribution is 6.31. The molecule has 0 bridgehead atoms. The molecule has 17 heavy (non-hydrogen) atoms. The molecule has 94 valence electrons. The van der Waals surface area contributed by atoms with E-state index in [-0.39, 0.29) is 6.04 Å². The summed E-state index contributed by atoms with van der Waals surface area (Å²) in [5.74, 6) is 0.778. The minimum atomic E-state index is 0.268. The second-order valence-electron chi connectivity index (χ2n) is 4.81. The molecule has 2 atom stereocenters. The molecule has 0 spiro atoms. The van der Waals surface area contributed by atoms with Gasteiger partial charge >= 0.3 is 0 Å². The molecular formula is C14H20ClNO. The fourth-order valence-corrected chi connectivity index (χ4v) is 2.53. The summed E-state index contributed by atoms with van der Waals surface area (Å²) < 4.78 is 5.28. The zero-order valence-electron chi connectivity index (χ0n) is 10.4. The molecule has 1 saturated carbocycles. The zero-order valence-corrected chi connectivity index (χ0v) is 11.2. The van der Waals surface area contributed by atoms with E-state index in [0.717, 1.165) is 23.1 Å².